The summed E-state index contributed by atoms with van der Waals surface area (Å²) in [4.78, 5) is 30.1. The minimum Gasteiger partial charge on any atom is -0.365 e. The summed E-state index contributed by atoms with van der Waals surface area (Å²) in [6, 6.07) is 3.12. The quantitative estimate of drug-likeness (QED) is 0.736. The number of carbonyl (C=O) groups excluding carboxylic acids is 2. The molecule has 2 amide bonds. The maximum absolute atomic E-state index is 11.7. The maximum Gasteiger partial charge on any atom is 0.261 e. The number of imidazole rings is 1. The Morgan fingerprint density at radius 3 is 2.76 bits per heavy atom. The molecule has 2 rings (SSSR count). The van der Waals surface area contributed by atoms with Crippen LogP contribution in [0.25, 0.3) is 0 Å². The average Bonchev–Trinajstić information content (AvgIpc) is 2.96. The molecule has 0 fully saturated rings. The number of hydrogen-bond acceptors (Lipinski definition) is 4. The number of nitrogens with zero attached hydrogens (tertiary/aromatic N) is 1. The monoisotopic (exact) mass is 250 g/mol. The van der Waals surface area contributed by atoms with Crippen LogP contribution in [-0.2, 0) is 6.54 Å². The molecule has 88 valence electrons. The zero-order valence-electron chi connectivity index (χ0n) is 8.77. The van der Waals surface area contributed by atoms with Crippen LogP contribution < -0.4 is 11.1 Å². The Hall–Kier alpha value is -2.15. The topological polar surface area (TPSA) is 101 Å². The van der Waals surface area contributed by atoms with Gasteiger partial charge in [-0.05, 0) is 12.1 Å². The number of rotatable bonds is 4. The second kappa shape index (κ2) is 4.79. The first-order valence-corrected chi connectivity index (χ1v) is 5.63. The van der Waals surface area contributed by atoms with Gasteiger partial charge in [-0.2, -0.15) is 0 Å². The number of nitrogens with two attached hydrogens (primary N) is 1. The van der Waals surface area contributed by atoms with Crippen molar-refractivity contribution in [1.29, 1.82) is 0 Å². The van der Waals surface area contributed by atoms with Crippen LogP contribution in [0.3, 0.4) is 0 Å². The largest absolute Gasteiger partial charge is 0.365 e. The lowest BCUT2D eigenvalue weighted by Crippen LogP contribution is -2.21. The number of primary amides is 1. The first-order chi connectivity index (χ1) is 8.16. The third kappa shape index (κ3) is 2.70. The molecule has 0 bridgehead atoms. The van der Waals surface area contributed by atoms with Crippen molar-refractivity contribution < 1.29 is 9.59 Å². The highest BCUT2D eigenvalue weighted by Gasteiger charge is 2.11. The molecule has 0 radical (unpaired) electrons. The fourth-order valence-electron chi connectivity index (χ4n) is 1.24. The molecule has 4 N–H and O–H groups in total. The molecule has 6 nitrogen and oxygen atoms in total. The maximum atomic E-state index is 11.7. The number of thiophene rings is 1. The standard InChI is InChI=1S/C10H10N4O2S/c11-9(15)7-1-2-8(17-7)10(16)13-4-6-3-12-5-14-6/h1-3,5H,4H2,(H2,11,15)(H,12,14)(H,13,16). The lowest BCUT2D eigenvalue weighted by atomic mass is 10.4. The zero-order chi connectivity index (χ0) is 12.3. The molecule has 0 aliphatic rings. The van der Waals surface area contributed by atoms with E-state index >= 15 is 0 Å². The molecule has 17 heavy (non-hydrogen) atoms. The van der Waals surface area contributed by atoms with E-state index in [1.165, 1.54) is 12.4 Å². The van der Waals surface area contributed by atoms with Gasteiger partial charge in [0.15, 0.2) is 0 Å². The second-order valence-corrected chi connectivity index (χ2v) is 4.37. The highest BCUT2D eigenvalue weighted by molar-refractivity contribution is 7.15. The summed E-state index contributed by atoms with van der Waals surface area (Å²) in [5.74, 6) is -0.764. The zero-order valence-corrected chi connectivity index (χ0v) is 9.58. The highest BCUT2D eigenvalue weighted by Crippen LogP contribution is 2.15. The number of hydrogen-bond donors (Lipinski definition) is 3. The second-order valence-electron chi connectivity index (χ2n) is 3.29. The van der Waals surface area contributed by atoms with Crippen molar-refractivity contribution in [3.05, 3.63) is 40.1 Å². The molecule has 0 spiro atoms. The summed E-state index contributed by atoms with van der Waals surface area (Å²) in [5, 5.41) is 2.70. The molecule has 2 heterocycles. The molecule has 0 aromatic carbocycles. The van der Waals surface area contributed by atoms with E-state index in [2.05, 4.69) is 15.3 Å². The predicted octanol–water partition coefficient (Wildman–Crippen LogP) is 0.500. The fraction of sp³-hybridized carbons (Fsp3) is 0.100. The highest BCUT2D eigenvalue weighted by atomic mass is 32.1. The van der Waals surface area contributed by atoms with Crippen molar-refractivity contribution in [2.24, 2.45) is 5.73 Å². The van der Waals surface area contributed by atoms with Crippen molar-refractivity contribution in [3.8, 4) is 0 Å². The van der Waals surface area contributed by atoms with E-state index in [0.29, 0.717) is 16.3 Å². The normalized spacial score (nSPS) is 10.1. The molecule has 7 heteroatoms. The molecule has 0 saturated carbocycles. The van der Waals surface area contributed by atoms with Gasteiger partial charge in [0, 0.05) is 6.20 Å². The van der Waals surface area contributed by atoms with Crippen LogP contribution in [0.5, 0.6) is 0 Å². The van der Waals surface area contributed by atoms with E-state index in [-0.39, 0.29) is 5.91 Å². The molecule has 0 atom stereocenters. The average molecular weight is 250 g/mol. The minimum absolute atomic E-state index is 0.239. The van der Waals surface area contributed by atoms with Crippen LogP contribution in [0, 0.1) is 0 Å². The van der Waals surface area contributed by atoms with Crippen LogP contribution in [0.4, 0.5) is 0 Å². The van der Waals surface area contributed by atoms with E-state index < -0.39 is 5.91 Å². The molecular weight excluding hydrogens is 240 g/mol. The van der Waals surface area contributed by atoms with E-state index in [9.17, 15) is 9.59 Å². The van der Waals surface area contributed by atoms with Crippen molar-refractivity contribution in [2.45, 2.75) is 6.54 Å². The van der Waals surface area contributed by atoms with Crippen LogP contribution in [0.1, 0.15) is 25.0 Å². The molecule has 2 aromatic heterocycles. The number of nitrogens with one attached hydrogen (secondary N) is 2. The van der Waals surface area contributed by atoms with E-state index in [1.807, 2.05) is 0 Å². The van der Waals surface area contributed by atoms with Gasteiger partial charge >= 0.3 is 0 Å². The van der Waals surface area contributed by atoms with Gasteiger partial charge < -0.3 is 16.0 Å². The molecule has 2 aromatic rings. The Morgan fingerprint density at radius 2 is 2.18 bits per heavy atom. The van der Waals surface area contributed by atoms with Gasteiger partial charge in [-0.1, -0.05) is 0 Å². The van der Waals surface area contributed by atoms with Gasteiger partial charge in [-0.15, -0.1) is 11.3 Å². The lowest BCUT2D eigenvalue weighted by molar-refractivity contribution is 0.0953. The summed E-state index contributed by atoms with van der Waals surface area (Å²) in [6.07, 6.45) is 3.17. The summed E-state index contributed by atoms with van der Waals surface area (Å²) in [7, 11) is 0. The van der Waals surface area contributed by atoms with Crippen LogP contribution in [-0.4, -0.2) is 21.8 Å². The molecule has 0 aliphatic carbocycles. The number of aromatic nitrogens is 2. The Bertz CT molecular complexity index is 532. The number of amides is 2. The number of aromatic amines is 1. The molecule has 0 unspecified atom stereocenters. The van der Waals surface area contributed by atoms with Gasteiger partial charge in [-0.3, -0.25) is 9.59 Å². The van der Waals surface area contributed by atoms with Gasteiger partial charge in [0.1, 0.15) is 0 Å². The van der Waals surface area contributed by atoms with E-state index in [0.717, 1.165) is 17.0 Å². The van der Waals surface area contributed by atoms with Gasteiger partial charge in [-0.25, -0.2) is 4.98 Å². The summed E-state index contributed by atoms with van der Waals surface area (Å²) >= 11 is 1.07. The summed E-state index contributed by atoms with van der Waals surface area (Å²) in [5.41, 5.74) is 5.92. The Kier molecular flexibility index (Phi) is 3.20. The predicted molar refractivity (Wildman–Crippen MR) is 62.6 cm³/mol. The first-order valence-electron chi connectivity index (χ1n) is 4.82. The number of H-pyrrole nitrogens is 1. The van der Waals surface area contributed by atoms with Crippen LogP contribution >= 0.6 is 11.3 Å². The first kappa shape index (κ1) is 11.3. The van der Waals surface area contributed by atoms with Gasteiger partial charge in [0.05, 0.1) is 28.3 Å². The Balaban J connectivity index is 1.97. The smallest absolute Gasteiger partial charge is 0.261 e. The van der Waals surface area contributed by atoms with Crippen molar-refractivity contribution in [1.82, 2.24) is 15.3 Å². The van der Waals surface area contributed by atoms with Crippen molar-refractivity contribution in [3.63, 3.8) is 0 Å². The molecule has 0 saturated heterocycles. The third-order valence-corrected chi connectivity index (χ3v) is 3.17. The van der Waals surface area contributed by atoms with E-state index in [4.69, 9.17) is 5.73 Å². The summed E-state index contributed by atoms with van der Waals surface area (Å²) in [6.45, 7) is 0.364. The minimum atomic E-state index is -0.525. The van der Waals surface area contributed by atoms with Crippen LogP contribution in [0.15, 0.2) is 24.7 Å². The van der Waals surface area contributed by atoms with Crippen molar-refractivity contribution in [2.75, 3.05) is 0 Å². The van der Waals surface area contributed by atoms with Gasteiger partial charge in [0.2, 0.25) is 0 Å². The van der Waals surface area contributed by atoms with Gasteiger partial charge in [0.25, 0.3) is 11.8 Å². The summed E-state index contributed by atoms with van der Waals surface area (Å²) < 4.78 is 0. The third-order valence-electron chi connectivity index (χ3n) is 2.07. The SMILES string of the molecule is NC(=O)c1ccc(C(=O)NCc2cnc[nH]2)s1. The molecule has 0 aliphatic heterocycles. The molecular formula is C10H10N4O2S. The van der Waals surface area contributed by atoms with E-state index in [1.54, 1.807) is 12.3 Å². The lowest BCUT2D eigenvalue weighted by Gasteiger charge is -2.00. The Labute approximate surface area is 101 Å². The number of carbonyl (C=O) groups is 2. The van der Waals surface area contributed by atoms with Crippen molar-refractivity contribution >= 4 is 23.2 Å². The van der Waals surface area contributed by atoms with Crippen LogP contribution in [0.2, 0.25) is 0 Å². The fourth-order valence-corrected chi connectivity index (χ4v) is 2.01. The Morgan fingerprint density at radius 1 is 1.41 bits per heavy atom.